The molecule has 118 valence electrons. The van der Waals surface area contributed by atoms with E-state index < -0.39 is 16.1 Å². The van der Waals surface area contributed by atoms with Gasteiger partial charge in [-0.2, -0.15) is 4.31 Å². The highest BCUT2D eigenvalue weighted by atomic mass is 79.9. The minimum absolute atomic E-state index is 0.136. The van der Waals surface area contributed by atoms with Crippen LogP contribution in [0.2, 0.25) is 0 Å². The van der Waals surface area contributed by atoms with E-state index in [1.165, 1.54) is 24.6 Å². The second-order valence-corrected chi connectivity index (χ2v) is 7.53. The SMILES string of the molecule is COc1cc(Br)c(S(=O)(=O)N2CCC(O)CC2)cc1OC. The molecule has 21 heavy (non-hydrogen) atoms. The molecule has 0 unspecified atom stereocenters. The first kappa shape index (κ1) is 16.5. The average molecular weight is 380 g/mol. The molecular formula is C13H18BrNO5S. The maximum absolute atomic E-state index is 12.7. The number of hydrogen-bond acceptors (Lipinski definition) is 5. The molecule has 0 bridgehead atoms. The summed E-state index contributed by atoms with van der Waals surface area (Å²) in [5, 5.41) is 9.50. The molecule has 1 saturated heterocycles. The molecule has 0 amide bonds. The first-order chi connectivity index (χ1) is 9.90. The van der Waals surface area contributed by atoms with Crippen molar-refractivity contribution in [2.45, 2.75) is 23.8 Å². The molecule has 1 N–H and O–H groups in total. The third kappa shape index (κ3) is 3.33. The van der Waals surface area contributed by atoms with E-state index in [-0.39, 0.29) is 4.90 Å². The Morgan fingerprint density at radius 2 is 1.71 bits per heavy atom. The number of aliphatic hydroxyl groups excluding tert-OH is 1. The molecule has 1 fully saturated rings. The molecule has 1 heterocycles. The van der Waals surface area contributed by atoms with Gasteiger partial charge in [-0.05, 0) is 34.8 Å². The fraction of sp³-hybridized carbons (Fsp3) is 0.538. The van der Waals surface area contributed by atoms with Crippen LogP contribution < -0.4 is 9.47 Å². The second kappa shape index (κ2) is 6.51. The third-order valence-corrected chi connectivity index (χ3v) is 6.34. The Morgan fingerprint density at radius 1 is 1.19 bits per heavy atom. The maximum atomic E-state index is 12.7. The van der Waals surface area contributed by atoms with E-state index >= 15 is 0 Å². The number of sulfonamides is 1. The lowest BCUT2D eigenvalue weighted by Gasteiger charge is -2.29. The predicted molar refractivity (Wildman–Crippen MR) is 81.2 cm³/mol. The van der Waals surface area contributed by atoms with Crippen molar-refractivity contribution < 1.29 is 23.0 Å². The van der Waals surface area contributed by atoms with Crippen LogP contribution in [0.25, 0.3) is 0 Å². The van der Waals surface area contributed by atoms with E-state index in [1.807, 2.05) is 0 Å². The summed E-state index contributed by atoms with van der Waals surface area (Å²) in [5.74, 6) is 0.814. The van der Waals surface area contributed by atoms with E-state index in [0.29, 0.717) is 41.9 Å². The van der Waals surface area contributed by atoms with Gasteiger partial charge in [0.05, 0.1) is 20.3 Å². The van der Waals surface area contributed by atoms with Crippen LogP contribution in [-0.2, 0) is 10.0 Å². The van der Waals surface area contributed by atoms with Gasteiger partial charge in [0, 0.05) is 23.6 Å². The summed E-state index contributed by atoms with van der Waals surface area (Å²) in [6.07, 6.45) is 0.471. The Balaban J connectivity index is 2.40. The van der Waals surface area contributed by atoms with Crippen LogP contribution in [0.1, 0.15) is 12.8 Å². The molecular weight excluding hydrogens is 362 g/mol. The number of hydrogen-bond donors (Lipinski definition) is 1. The molecule has 0 atom stereocenters. The molecule has 0 spiro atoms. The van der Waals surface area contributed by atoms with Crippen molar-refractivity contribution in [3.05, 3.63) is 16.6 Å². The lowest BCUT2D eigenvalue weighted by atomic mass is 10.1. The van der Waals surface area contributed by atoms with Gasteiger partial charge in [0.1, 0.15) is 4.90 Å². The molecule has 0 saturated carbocycles. The van der Waals surface area contributed by atoms with Gasteiger partial charge in [-0.1, -0.05) is 0 Å². The number of nitrogens with zero attached hydrogens (tertiary/aromatic N) is 1. The summed E-state index contributed by atoms with van der Waals surface area (Å²) >= 11 is 3.27. The van der Waals surface area contributed by atoms with Gasteiger partial charge in [-0.25, -0.2) is 8.42 Å². The zero-order valence-electron chi connectivity index (χ0n) is 11.9. The van der Waals surface area contributed by atoms with Crippen molar-refractivity contribution in [1.82, 2.24) is 4.31 Å². The standard InChI is InChI=1S/C13H18BrNO5S/c1-19-11-7-10(14)13(8-12(11)20-2)21(17,18)15-5-3-9(16)4-6-15/h7-9,16H,3-6H2,1-2H3. The largest absolute Gasteiger partial charge is 0.493 e. The Morgan fingerprint density at radius 3 is 2.24 bits per heavy atom. The summed E-state index contributed by atoms with van der Waals surface area (Å²) in [5.41, 5.74) is 0. The van der Waals surface area contributed by atoms with Gasteiger partial charge >= 0.3 is 0 Å². The molecule has 1 aliphatic heterocycles. The van der Waals surface area contributed by atoms with E-state index in [0.717, 1.165) is 0 Å². The van der Waals surface area contributed by atoms with Crippen LogP contribution in [0.3, 0.4) is 0 Å². The molecule has 1 aromatic carbocycles. The van der Waals surface area contributed by atoms with Crippen LogP contribution in [-0.4, -0.2) is 51.2 Å². The van der Waals surface area contributed by atoms with Gasteiger partial charge in [0.25, 0.3) is 0 Å². The monoisotopic (exact) mass is 379 g/mol. The smallest absolute Gasteiger partial charge is 0.244 e. The lowest BCUT2D eigenvalue weighted by molar-refractivity contribution is 0.113. The normalized spacial score (nSPS) is 17.7. The van der Waals surface area contributed by atoms with Crippen molar-refractivity contribution >= 4 is 26.0 Å². The summed E-state index contributed by atoms with van der Waals surface area (Å²) < 4.78 is 37.5. The summed E-state index contributed by atoms with van der Waals surface area (Å²) in [6, 6.07) is 3.02. The highest BCUT2D eigenvalue weighted by Gasteiger charge is 2.31. The van der Waals surface area contributed by atoms with E-state index in [9.17, 15) is 13.5 Å². The maximum Gasteiger partial charge on any atom is 0.244 e. The quantitative estimate of drug-likeness (QED) is 0.859. The highest BCUT2D eigenvalue weighted by molar-refractivity contribution is 9.10. The summed E-state index contributed by atoms with van der Waals surface area (Å²) in [4.78, 5) is 0.136. The molecule has 0 aliphatic carbocycles. The second-order valence-electron chi connectivity index (χ2n) is 4.77. The molecule has 1 aromatic rings. The predicted octanol–water partition coefficient (Wildman–Crippen LogP) is 1.61. The Hall–Kier alpha value is -0.830. The number of ether oxygens (including phenoxy) is 2. The van der Waals surface area contributed by atoms with Crippen molar-refractivity contribution in [3.63, 3.8) is 0 Å². The van der Waals surface area contributed by atoms with E-state index in [1.54, 1.807) is 6.07 Å². The summed E-state index contributed by atoms with van der Waals surface area (Å²) in [7, 11) is -0.686. The highest BCUT2D eigenvalue weighted by Crippen LogP contribution is 2.37. The first-order valence-electron chi connectivity index (χ1n) is 6.50. The average Bonchev–Trinajstić information content (AvgIpc) is 2.47. The number of piperidine rings is 1. The van der Waals surface area contributed by atoms with Crippen molar-refractivity contribution in [2.24, 2.45) is 0 Å². The van der Waals surface area contributed by atoms with Crippen LogP contribution >= 0.6 is 15.9 Å². The molecule has 1 aliphatic rings. The Kier molecular flexibility index (Phi) is 5.13. The molecule has 6 nitrogen and oxygen atoms in total. The Labute approximate surface area is 132 Å². The minimum Gasteiger partial charge on any atom is -0.493 e. The number of benzene rings is 1. The first-order valence-corrected chi connectivity index (χ1v) is 8.73. The van der Waals surface area contributed by atoms with E-state index in [2.05, 4.69) is 15.9 Å². The van der Waals surface area contributed by atoms with Crippen LogP contribution in [0, 0.1) is 0 Å². The molecule has 8 heteroatoms. The molecule has 0 radical (unpaired) electrons. The van der Waals surface area contributed by atoms with Crippen molar-refractivity contribution in [1.29, 1.82) is 0 Å². The number of aliphatic hydroxyl groups is 1. The summed E-state index contributed by atoms with van der Waals surface area (Å²) in [6.45, 7) is 0.620. The van der Waals surface area contributed by atoms with Crippen LogP contribution in [0.4, 0.5) is 0 Å². The van der Waals surface area contributed by atoms with E-state index in [4.69, 9.17) is 9.47 Å². The van der Waals surface area contributed by atoms with Gasteiger partial charge in [0.2, 0.25) is 10.0 Å². The van der Waals surface area contributed by atoms with Crippen LogP contribution in [0.5, 0.6) is 11.5 Å². The fourth-order valence-electron chi connectivity index (χ4n) is 2.25. The Bertz CT molecular complexity index is 611. The molecule has 2 rings (SSSR count). The van der Waals surface area contributed by atoms with Crippen LogP contribution in [0.15, 0.2) is 21.5 Å². The topological polar surface area (TPSA) is 76.1 Å². The van der Waals surface area contributed by atoms with Crippen molar-refractivity contribution in [2.75, 3.05) is 27.3 Å². The number of halogens is 1. The van der Waals surface area contributed by atoms with Gasteiger partial charge in [0.15, 0.2) is 11.5 Å². The van der Waals surface area contributed by atoms with Crippen molar-refractivity contribution in [3.8, 4) is 11.5 Å². The zero-order chi connectivity index (χ0) is 15.6. The number of rotatable bonds is 4. The van der Waals surface area contributed by atoms with Gasteiger partial charge < -0.3 is 14.6 Å². The minimum atomic E-state index is -3.63. The number of methoxy groups -OCH3 is 2. The third-order valence-electron chi connectivity index (χ3n) is 3.48. The zero-order valence-corrected chi connectivity index (χ0v) is 14.3. The lowest BCUT2D eigenvalue weighted by Crippen LogP contribution is -2.40. The van der Waals surface area contributed by atoms with Gasteiger partial charge in [-0.15, -0.1) is 0 Å². The van der Waals surface area contributed by atoms with Gasteiger partial charge in [-0.3, -0.25) is 0 Å². The molecule has 0 aromatic heterocycles. The fourth-order valence-corrected chi connectivity index (χ4v) is 4.72.